The minimum absolute atomic E-state index is 0.197. The lowest BCUT2D eigenvalue weighted by molar-refractivity contribution is 0.103. The molecule has 0 fully saturated rings. The van der Waals surface area contributed by atoms with Gasteiger partial charge in [-0.2, -0.15) is 0 Å². The van der Waals surface area contributed by atoms with Crippen LogP contribution in [0.2, 0.25) is 0 Å². The Bertz CT molecular complexity index is 662. The molecule has 2 aromatic rings. The third-order valence-corrected chi connectivity index (χ3v) is 3.39. The van der Waals surface area contributed by atoms with Crippen LogP contribution < -0.4 is 4.74 Å². The van der Waals surface area contributed by atoms with Gasteiger partial charge in [-0.05, 0) is 30.2 Å². The molecule has 96 valence electrons. The number of ketones is 1. The van der Waals surface area contributed by atoms with Crippen LogP contribution in [0.1, 0.15) is 27.0 Å². The molecular formula is C16H13FO2. The number of carbonyl (C=O) groups is 1. The Balaban J connectivity index is 2.05. The molecule has 1 aliphatic rings. The average molecular weight is 256 g/mol. The van der Waals surface area contributed by atoms with Crippen molar-refractivity contribution in [1.29, 1.82) is 0 Å². The molecule has 0 spiro atoms. The summed E-state index contributed by atoms with van der Waals surface area (Å²) < 4.78 is 19.1. The fourth-order valence-corrected chi connectivity index (χ4v) is 2.28. The van der Waals surface area contributed by atoms with E-state index in [1.807, 2.05) is 12.1 Å². The second kappa shape index (κ2) is 4.50. The fourth-order valence-electron chi connectivity index (χ4n) is 2.28. The maximum Gasteiger partial charge on any atom is 0.196 e. The number of rotatable bonds is 2. The van der Waals surface area contributed by atoms with Crippen LogP contribution in [-0.2, 0) is 6.42 Å². The lowest BCUT2D eigenvalue weighted by atomic mass is 9.99. The summed E-state index contributed by atoms with van der Waals surface area (Å²) in [5, 5.41) is 0. The Morgan fingerprint density at radius 3 is 2.89 bits per heavy atom. The third kappa shape index (κ3) is 2.01. The molecule has 19 heavy (non-hydrogen) atoms. The fraction of sp³-hybridized carbons (Fsp3) is 0.188. The molecule has 0 aromatic heterocycles. The first-order valence-electron chi connectivity index (χ1n) is 6.22. The standard InChI is InChI=1S/C16H13FO2/c1-10-5-6-12(9-14(10)17)15(18)13-4-2-3-11-7-8-19-16(11)13/h2-6,9H,7-8H2,1H3. The van der Waals surface area contributed by atoms with Gasteiger partial charge >= 0.3 is 0 Å². The summed E-state index contributed by atoms with van der Waals surface area (Å²) in [5.74, 6) is 0.0884. The van der Waals surface area contributed by atoms with Crippen LogP contribution in [-0.4, -0.2) is 12.4 Å². The minimum Gasteiger partial charge on any atom is -0.492 e. The van der Waals surface area contributed by atoms with Crippen molar-refractivity contribution in [3.63, 3.8) is 0 Å². The lowest BCUT2D eigenvalue weighted by Gasteiger charge is -2.07. The summed E-state index contributed by atoms with van der Waals surface area (Å²) in [4.78, 5) is 12.4. The van der Waals surface area contributed by atoms with E-state index in [1.54, 1.807) is 25.1 Å². The number of hydrogen-bond donors (Lipinski definition) is 0. The Hall–Kier alpha value is -2.16. The van der Waals surface area contributed by atoms with Crippen LogP contribution in [0.4, 0.5) is 4.39 Å². The number of halogens is 1. The smallest absolute Gasteiger partial charge is 0.196 e. The van der Waals surface area contributed by atoms with Crippen molar-refractivity contribution >= 4 is 5.78 Å². The van der Waals surface area contributed by atoms with E-state index < -0.39 is 0 Å². The van der Waals surface area contributed by atoms with Gasteiger partial charge in [0.25, 0.3) is 0 Å². The predicted octanol–water partition coefficient (Wildman–Crippen LogP) is 3.30. The van der Waals surface area contributed by atoms with Gasteiger partial charge in [-0.1, -0.05) is 24.3 Å². The monoisotopic (exact) mass is 256 g/mol. The van der Waals surface area contributed by atoms with Gasteiger partial charge in [-0.3, -0.25) is 4.79 Å². The van der Waals surface area contributed by atoms with Crippen molar-refractivity contribution in [1.82, 2.24) is 0 Å². The molecule has 0 saturated carbocycles. The van der Waals surface area contributed by atoms with Gasteiger partial charge in [0.2, 0.25) is 0 Å². The zero-order valence-corrected chi connectivity index (χ0v) is 10.6. The summed E-state index contributed by atoms with van der Waals surface area (Å²) in [6, 6.07) is 10.1. The van der Waals surface area contributed by atoms with Crippen molar-refractivity contribution in [2.45, 2.75) is 13.3 Å². The molecule has 3 heteroatoms. The van der Waals surface area contributed by atoms with E-state index in [2.05, 4.69) is 0 Å². The quantitative estimate of drug-likeness (QED) is 0.771. The molecule has 1 aliphatic heterocycles. The number of para-hydroxylation sites is 1. The Morgan fingerprint density at radius 1 is 1.26 bits per heavy atom. The summed E-state index contributed by atoms with van der Waals surface area (Å²) in [6.07, 6.45) is 0.818. The van der Waals surface area contributed by atoms with Gasteiger partial charge in [-0.15, -0.1) is 0 Å². The third-order valence-electron chi connectivity index (χ3n) is 3.39. The molecule has 0 radical (unpaired) electrons. The largest absolute Gasteiger partial charge is 0.492 e. The number of aryl methyl sites for hydroxylation is 1. The van der Waals surface area contributed by atoms with E-state index in [-0.39, 0.29) is 11.6 Å². The molecule has 3 rings (SSSR count). The van der Waals surface area contributed by atoms with Crippen LogP contribution in [0.25, 0.3) is 0 Å². The highest BCUT2D eigenvalue weighted by Gasteiger charge is 2.21. The number of carbonyl (C=O) groups excluding carboxylic acids is 1. The van der Waals surface area contributed by atoms with Gasteiger partial charge in [0.05, 0.1) is 12.2 Å². The Labute approximate surface area is 110 Å². The zero-order valence-electron chi connectivity index (χ0n) is 10.6. The maximum atomic E-state index is 13.5. The van der Waals surface area contributed by atoms with E-state index in [9.17, 15) is 9.18 Å². The Kier molecular flexibility index (Phi) is 2.82. The molecule has 0 saturated heterocycles. The zero-order chi connectivity index (χ0) is 13.4. The molecule has 2 nitrogen and oxygen atoms in total. The van der Waals surface area contributed by atoms with Gasteiger partial charge in [0, 0.05) is 12.0 Å². The molecule has 0 aliphatic carbocycles. The van der Waals surface area contributed by atoms with Gasteiger partial charge in [0.15, 0.2) is 5.78 Å². The van der Waals surface area contributed by atoms with Crippen LogP contribution >= 0.6 is 0 Å². The van der Waals surface area contributed by atoms with E-state index in [1.165, 1.54) is 6.07 Å². The van der Waals surface area contributed by atoms with Crippen molar-refractivity contribution in [2.24, 2.45) is 0 Å². The first-order chi connectivity index (χ1) is 9.16. The molecule has 0 atom stereocenters. The van der Waals surface area contributed by atoms with Crippen LogP contribution in [0.15, 0.2) is 36.4 Å². The number of ether oxygens (including phenoxy) is 1. The molecule has 1 heterocycles. The van der Waals surface area contributed by atoms with Gasteiger partial charge in [0.1, 0.15) is 11.6 Å². The van der Waals surface area contributed by atoms with Crippen molar-refractivity contribution in [2.75, 3.05) is 6.61 Å². The average Bonchev–Trinajstić information content (AvgIpc) is 2.89. The molecule has 2 aromatic carbocycles. The number of benzene rings is 2. The lowest BCUT2D eigenvalue weighted by Crippen LogP contribution is -2.04. The van der Waals surface area contributed by atoms with Gasteiger partial charge < -0.3 is 4.74 Å². The maximum absolute atomic E-state index is 13.5. The SMILES string of the molecule is Cc1ccc(C(=O)c2cccc3c2OCC3)cc1F. The van der Waals surface area contributed by atoms with Gasteiger partial charge in [-0.25, -0.2) is 4.39 Å². The van der Waals surface area contributed by atoms with Crippen molar-refractivity contribution < 1.29 is 13.9 Å². The molecule has 0 N–H and O–H groups in total. The second-order valence-corrected chi connectivity index (χ2v) is 4.69. The first-order valence-corrected chi connectivity index (χ1v) is 6.22. The van der Waals surface area contributed by atoms with E-state index in [4.69, 9.17) is 4.74 Å². The van der Waals surface area contributed by atoms with Crippen LogP contribution in [0, 0.1) is 12.7 Å². The van der Waals surface area contributed by atoms with E-state index in [0.29, 0.717) is 29.0 Å². The summed E-state index contributed by atoms with van der Waals surface area (Å²) in [7, 11) is 0. The summed E-state index contributed by atoms with van der Waals surface area (Å²) >= 11 is 0. The highest BCUT2D eigenvalue weighted by molar-refractivity contribution is 6.11. The van der Waals surface area contributed by atoms with Crippen molar-refractivity contribution in [3.05, 3.63) is 64.5 Å². The van der Waals surface area contributed by atoms with Crippen LogP contribution in [0.5, 0.6) is 5.75 Å². The summed E-state index contributed by atoms with van der Waals surface area (Å²) in [5.41, 5.74) is 2.44. The normalized spacial score (nSPS) is 12.9. The topological polar surface area (TPSA) is 26.3 Å². The van der Waals surface area contributed by atoms with Crippen LogP contribution in [0.3, 0.4) is 0 Å². The van der Waals surface area contributed by atoms with E-state index >= 15 is 0 Å². The molecule has 0 bridgehead atoms. The second-order valence-electron chi connectivity index (χ2n) is 4.69. The highest BCUT2D eigenvalue weighted by atomic mass is 19.1. The minimum atomic E-state index is -0.362. The molecule has 0 amide bonds. The highest BCUT2D eigenvalue weighted by Crippen LogP contribution is 2.31. The summed E-state index contributed by atoms with van der Waals surface area (Å²) in [6.45, 7) is 2.27. The predicted molar refractivity (Wildman–Crippen MR) is 70.2 cm³/mol. The Morgan fingerprint density at radius 2 is 2.11 bits per heavy atom. The first kappa shape index (κ1) is 11.9. The van der Waals surface area contributed by atoms with E-state index in [0.717, 1.165) is 12.0 Å². The number of hydrogen-bond acceptors (Lipinski definition) is 2. The molecular weight excluding hydrogens is 243 g/mol. The van der Waals surface area contributed by atoms with Crippen molar-refractivity contribution in [3.8, 4) is 5.75 Å². The molecule has 0 unspecified atom stereocenters. The number of fused-ring (bicyclic) bond motifs is 1.